The van der Waals surface area contributed by atoms with Gasteiger partial charge in [-0.2, -0.15) is 0 Å². The number of hydrogen-bond acceptors (Lipinski definition) is 3. The molecule has 23 heavy (non-hydrogen) atoms. The van der Waals surface area contributed by atoms with E-state index in [1.165, 1.54) is 11.8 Å². The van der Waals surface area contributed by atoms with Crippen LogP contribution in [0.3, 0.4) is 0 Å². The summed E-state index contributed by atoms with van der Waals surface area (Å²) in [6.07, 6.45) is 0. The number of hydrogen-bond donors (Lipinski definition) is 1. The fourth-order valence-electron chi connectivity index (χ4n) is 1.80. The van der Waals surface area contributed by atoms with Crippen molar-refractivity contribution in [1.29, 1.82) is 0 Å². The predicted octanol–water partition coefficient (Wildman–Crippen LogP) is 4.10. The number of carbonyl (C=O) groups excluding carboxylic acids is 1. The van der Waals surface area contributed by atoms with Gasteiger partial charge in [0.25, 0.3) is 0 Å². The number of amides is 1. The van der Waals surface area contributed by atoms with E-state index in [1.807, 2.05) is 30.3 Å². The van der Waals surface area contributed by atoms with Gasteiger partial charge in [-0.15, -0.1) is 11.8 Å². The molecule has 0 aliphatic carbocycles. The van der Waals surface area contributed by atoms with Crippen LogP contribution in [0.4, 0.5) is 14.5 Å². The molecule has 3 nitrogen and oxygen atoms in total. The second kappa shape index (κ2) is 8.53. The molecule has 0 aromatic heterocycles. The van der Waals surface area contributed by atoms with E-state index in [2.05, 4.69) is 5.32 Å². The maximum Gasteiger partial charge on any atom is 0.237 e. The fourth-order valence-corrected chi connectivity index (χ4v) is 2.55. The average molecular weight is 337 g/mol. The van der Waals surface area contributed by atoms with Crippen molar-refractivity contribution in [3.63, 3.8) is 0 Å². The van der Waals surface area contributed by atoms with Crippen LogP contribution in [0.1, 0.15) is 6.92 Å². The van der Waals surface area contributed by atoms with Crippen molar-refractivity contribution >= 4 is 23.4 Å². The number of halogens is 2. The van der Waals surface area contributed by atoms with E-state index in [4.69, 9.17) is 4.74 Å². The minimum absolute atomic E-state index is 0.150. The van der Waals surface area contributed by atoms with E-state index < -0.39 is 16.9 Å². The third-order valence-corrected chi connectivity index (χ3v) is 4.14. The van der Waals surface area contributed by atoms with Crippen molar-refractivity contribution in [2.75, 3.05) is 17.7 Å². The summed E-state index contributed by atoms with van der Waals surface area (Å²) in [6.45, 7) is 2.17. The lowest BCUT2D eigenvalue weighted by Crippen LogP contribution is -2.24. The molecule has 0 saturated heterocycles. The number of carbonyl (C=O) groups is 1. The topological polar surface area (TPSA) is 38.3 Å². The summed E-state index contributed by atoms with van der Waals surface area (Å²) < 4.78 is 32.1. The zero-order valence-electron chi connectivity index (χ0n) is 12.6. The van der Waals surface area contributed by atoms with Gasteiger partial charge in [0, 0.05) is 11.8 Å². The molecule has 1 atom stereocenters. The molecule has 0 aliphatic heterocycles. The van der Waals surface area contributed by atoms with Gasteiger partial charge < -0.3 is 10.1 Å². The largest absolute Gasteiger partial charge is 0.493 e. The average Bonchev–Trinajstić information content (AvgIpc) is 2.55. The molecule has 1 N–H and O–H groups in total. The maximum atomic E-state index is 13.5. The van der Waals surface area contributed by atoms with Crippen LogP contribution in [-0.4, -0.2) is 23.5 Å². The molecule has 0 fully saturated rings. The van der Waals surface area contributed by atoms with Gasteiger partial charge in [-0.05, 0) is 31.2 Å². The lowest BCUT2D eigenvalue weighted by molar-refractivity contribution is -0.115. The van der Waals surface area contributed by atoms with Gasteiger partial charge in [-0.3, -0.25) is 4.79 Å². The minimum atomic E-state index is -0.663. The summed E-state index contributed by atoms with van der Waals surface area (Å²) in [6, 6.07) is 12.3. The van der Waals surface area contributed by atoms with E-state index in [1.54, 1.807) is 6.92 Å². The Bertz CT molecular complexity index is 652. The van der Waals surface area contributed by atoms with Crippen LogP contribution in [0, 0.1) is 11.6 Å². The van der Waals surface area contributed by atoms with E-state index >= 15 is 0 Å². The van der Waals surface area contributed by atoms with Gasteiger partial charge in [-0.1, -0.05) is 18.2 Å². The van der Waals surface area contributed by atoms with E-state index in [-0.39, 0.29) is 11.6 Å². The SMILES string of the molecule is CC(SCCOc1ccccc1)C(=O)Nc1cc(F)ccc1F. The Labute approximate surface area is 138 Å². The van der Waals surface area contributed by atoms with Gasteiger partial charge in [0.15, 0.2) is 0 Å². The first-order valence-corrected chi connectivity index (χ1v) is 8.16. The first kappa shape index (κ1) is 17.3. The zero-order chi connectivity index (χ0) is 16.7. The van der Waals surface area contributed by atoms with Crippen LogP contribution in [0.2, 0.25) is 0 Å². The van der Waals surface area contributed by atoms with Crippen molar-refractivity contribution in [2.45, 2.75) is 12.2 Å². The first-order chi connectivity index (χ1) is 11.1. The molecule has 0 saturated carbocycles. The lowest BCUT2D eigenvalue weighted by atomic mass is 10.3. The van der Waals surface area contributed by atoms with Crippen molar-refractivity contribution in [2.24, 2.45) is 0 Å². The Balaban J connectivity index is 1.75. The Morgan fingerprint density at radius 3 is 2.70 bits per heavy atom. The molecule has 2 aromatic carbocycles. The van der Waals surface area contributed by atoms with Crippen LogP contribution in [0.25, 0.3) is 0 Å². The number of nitrogens with one attached hydrogen (secondary N) is 1. The summed E-state index contributed by atoms with van der Waals surface area (Å²) in [5, 5.41) is 1.99. The molecule has 1 amide bonds. The van der Waals surface area contributed by atoms with Crippen LogP contribution >= 0.6 is 11.8 Å². The van der Waals surface area contributed by atoms with Crippen molar-refractivity contribution in [3.8, 4) is 5.75 Å². The molecule has 122 valence electrons. The van der Waals surface area contributed by atoms with E-state index in [0.29, 0.717) is 12.4 Å². The van der Waals surface area contributed by atoms with Gasteiger partial charge in [0.1, 0.15) is 17.4 Å². The molecule has 0 radical (unpaired) electrons. The number of rotatable bonds is 7. The first-order valence-electron chi connectivity index (χ1n) is 7.11. The second-order valence-electron chi connectivity index (χ2n) is 4.79. The highest BCUT2D eigenvalue weighted by molar-refractivity contribution is 8.00. The number of thioether (sulfide) groups is 1. The lowest BCUT2D eigenvalue weighted by Gasteiger charge is -2.13. The third kappa shape index (κ3) is 5.56. The number of para-hydroxylation sites is 1. The summed E-state index contributed by atoms with van der Waals surface area (Å²) in [5.74, 6) is -0.261. The third-order valence-electron chi connectivity index (χ3n) is 3.02. The summed E-state index contributed by atoms with van der Waals surface area (Å²) in [4.78, 5) is 12.0. The number of ether oxygens (including phenoxy) is 1. The highest BCUT2D eigenvalue weighted by atomic mass is 32.2. The molecule has 6 heteroatoms. The Morgan fingerprint density at radius 2 is 1.96 bits per heavy atom. The summed E-state index contributed by atoms with van der Waals surface area (Å²) >= 11 is 1.38. The molecular formula is C17H17F2NO2S. The van der Waals surface area contributed by atoms with Crippen molar-refractivity contribution < 1.29 is 18.3 Å². The number of benzene rings is 2. The van der Waals surface area contributed by atoms with Crippen LogP contribution < -0.4 is 10.1 Å². The van der Waals surface area contributed by atoms with E-state index in [9.17, 15) is 13.6 Å². The second-order valence-corrected chi connectivity index (χ2v) is 6.24. The summed E-state index contributed by atoms with van der Waals surface area (Å²) in [7, 11) is 0. The standard InChI is InChI=1S/C17H17F2NO2S/c1-12(23-10-9-22-14-5-3-2-4-6-14)17(21)20-16-11-13(18)7-8-15(16)19/h2-8,11-12H,9-10H2,1H3,(H,20,21). The molecule has 0 bridgehead atoms. The Hall–Kier alpha value is -2.08. The van der Waals surface area contributed by atoms with Crippen molar-refractivity contribution in [1.82, 2.24) is 0 Å². The predicted molar refractivity (Wildman–Crippen MR) is 88.8 cm³/mol. The van der Waals surface area contributed by atoms with Gasteiger partial charge >= 0.3 is 0 Å². The van der Waals surface area contributed by atoms with Crippen molar-refractivity contribution in [3.05, 3.63) is 60.2 Å². The molecule has 2 rings (SSSR count). The normalized spacial score (nSPS) is 11.8. The van der Waals surface area contributed by atoms with Gasteiger partial charge in [0.05, 0.1) is 17.5 Å². The molecule has 0 spiro atoms. The minimum Gasteiger partial charge on any atom is -0.493 e. The van der Waals surface area contributed by atoms with Crippen LogP contribution in [0.5, 0.6) is 5.75 Å². The quantitative estimate of drug-likeness (QED) is 0.773. The Kier molecular flexibility index (Phi) is 6.40. The summed E-state index contributed by atoms with van der Waals surface area (Å²) in [5.41, 5.74) is -0.150. The molecule has 0 aliphatic rings. The van der Waals surface area contributed by atoms with Crippen LogP contribution in [-0.2, 0) is 4.79 Å². The number of anilines is 1. The highest BCUT2D eigenvalue weighted by Crippen LogP contribution is 2.18. The molecule has 1 unspecified atom stereocenters. The molecular weight excluding hydrogens is 320 g/mol. The highest BCUT2D eigenvalue weighted by Gasteiger charge is 2.15. The van der Waals surface area contributed by atoms with Gasteiger partial charge in [-0.25, -0.2) is 8.78 Å². The zero-order valence-corrected chi connectivity index (χ0v) is 13.4. The molecule has 2 aromatic rings. The monoisotopic (exact) mass is 337 g/mol. The molecule has 0 heterocycles. The van der Waals surface area contributed by atoms with Gasteiger partial charge in [0.2, 0.25) is 5.91 Å². The maximum absolute atomic E-state index is 13.5. The smallest absolute Gasteiger partial charge is 0.237 e. The van der Waals surface area contributed by atoms with E-state index in [0.717, 1.165) is 23.9 Å². The fraction of sp³-hybridized carbons (Fsp3) is 0.235. The van der Waals surface area contributed by atoms with Crippen LogP contribution in [0.15, 0.2) is 48.5 Å². The Morgan fingerprint density at radius 1 is 1.22 bits per heavy atom.